The number of nitrogens with zero attached hydrogens (tertiary/aromatic N) is 3. The van der Waals surface area contributed by atoms with Crippen LogP contribution >= 0.6 is 23.2 Å². The van der Waals surface area contributed by atoms with Crippen LogP contribution in [0.3, 0.4) is 0 Å². The molecule has 0 aliphatic carbocycles. The molecule has 0 spiro atoms. The number of nitrogen functional groups attached to an aromatic ring is 1. The quantitative estimate of drug-likeness (QED) is 0.653. The minimum Gasteiger partial charge on any atom is -0.391 e. The van der Waals surface area contributed by atoms with E-state index >= 15 is 0 Å². The molecule has 0 amide bonds. The summed E-state index contributed by atoms with van der Waals surface area (Å²) in [6.45, 7) is 1.37. The monoisotopic (exact) mass is 398 g/mol. The van der Waals surface area contributed by atoms with E-state index in [0.717, 1.165) is 19.4 Å². The summed E-state index contributed by atoms with van der Waals surface area (Å²) >= 11 is 12.2. The Labute approximate surface area is 159 Å². The smallest absolute Gasteiger partial charge is 0.238 e. The largest absolute Gasteiger partial charge is 0.391 e. The molecule has 1 unspecified atom stereocenters. The number of halogens is 3. The number of benzene rings is 1. The van der Waals surface area contributed by atoms with E-state index in [1.54, 1.807) is 18.2 Å². The second-order valence-corrected chi connectivity index (χ2v) is 6.57. The fraction of sp³-hybridized carbons (Fsp3) is 0.294. The molecular formula is C17H17Cl2FN4O2. The maximum absolute atomic E-state index is 13.9. The maximum atomic E-state index is 13.9. The van der Waals surface area contributed by atoms with Gasteiger partial charge in [0.25, 0.3) is 0 Å². The van der Waals surface area contributed by atoms with Crippen molar-refractivity contribution in [3.8, 4) is 11.3 Å². The van der Waals surface area contributed by atoms with Crippen molar-refractivity contribution >= 4 is 34.7 Å². The van der Waals surface area contributed by atoms with Gasteiger partial charge in [-0.25, -0.2) is 13.9 Å². The van der Waals surface area contributed by atoms with E-state index < -0.39 is 5.82 Å². The van der Waals surface area contributed by atoms with Gasteiger partial charge in [-0.05, 0) is 25.0 Å². The molecule has 138 valence electrons. The molecule has 1 atom stereocenters. The van der Waals surface area contributed by atoms with E-state index in [0.29, 0.717) is 27.9 Å². The van der Waals surface area contributed by atoms with Crippen molar-refractivity contribution in [2.45, 2.75) is 18.9 Å². The summed E-state index contributed by atoms with van der Waals surface area (Å²) in [6.07, 6.45) is 3.06. The standard InChI is InChI=1S/C12H7Cl2FN4.C5H10O2/c13-6-2-1-3-7(14)11(6)9-4-8(15)10-5-17-12(16)18-19(9)10;6-5-2-1-3-7-4-5/h1-5H,(H2,16,18);5-6H,1-4H2. The van der Waals surface area contributed by atoms with Crippen LogP contribution < -0.4 is 5.73 Å². The molecule has 9 heteroatoms. The Morgan fingerprint density at radius 3 is 2.62 bits per heavy atom. The van der Waals surface area contributed by atoms with Crippen LogP contribution in [0.15, 0.2) is 30.5 Å². The van der Waals surface area contributed by atoms with Crippen LogP contribution in [0.4, 0.5) is 10.3 Å². The second-order valence-electron chi connectivity index (χ2n) is 5.76. The molecular weight excluding hydrogens is 382 g/mol. The Balaban J connectivity index is 0.000000236. The van der Waals surface area contributed by atoms with Crippen molar-refractivity contribution in [1.82, 2.24) is 14.6 Å². The molecule has 6 nitrogen and oxygen atoms in total. The Kier molecular flexibility index (Phi) is 5.93. The minimum absolute atomic E-state index is 0.0347. The zero-order valence-corrected chi connectivity index (χ0v) is 15.2. The number of anilines is 1. The number of aromatic nitrogens is 3. The third kappa shape index (κ3) is 4.07. The van der Waals surface area contributed by atoms with Crippen LogP contribution in [0.5, 0.6) is 0 Å². The van der Waals surface area contributed by atoms with Crippen LogP contribution in [0.2, 0.25) is 10.0 Å². The predicted molar refractivity (Wildman–Crippen MR) is 98.9 cm³/mol. The van der Waals surface area contributed by atoms with Gasteiger partial charge in [0.15, 0.2) is 5.82 Å². The molecule has 0 radical (unpaired) electrons. The SMILES string of the molecule is Nc1ncc2c(F)cc(-c3c(Cl)cccc3Cl)n2n1.OC1CCCOC1. The summed E-state index contributed by atoms with van der Waals surface area (Å²) in [5, 5.41) is 13.6. The highest BCUT2D eigenvalue weighted by atomic mass is 35.5. The Morgan fingerprint density at radius 1 is 1.31 bits per heavy atom. The average Bonchev–Trinajstić information content (AvgIpc) is 2.92. The van der Waals surface area contributed by atoms with Gasteiger partial charge in [-0.3, -0.25) is 0 Å². The average molecular weight is 399 g/mol. The summed E-state index contributed by atoms with van der Waals surface area (Å²) in [5.74, 6) is -0.432. The lowest BCUT2D eigenvalue weighted by molar-refractivity contribution is -0.00535. The Hall–Kier alpha value is -1.93. The summed E-state index contributed by atoms with van der Waals surface area (Å²) in [7, 11) is 0. The minimum atomic E-state index is -0.467. The van der Waals surface area contributed by atoms with Crippen molar-refractivity contribution in [3.63, 3.8) is 0 Å². The maximum Gasteiger partial charge on any atom is 0.238 e. The Morgan fingerprint density at radius 2 is 2.04 bits per heavy atom. The lowest BCUT2D eigenvalue weighted by atomic mass is 10.1. The summed E-state index contributed by atoms with van der Waals surface area (Å²) in [4.78, 5) is 3.76. The van der Waals surface area contributed by atoms with E-state index in [4.69, 9.17) is 38.8 Å². The van der Waals surface area contributed by atoms with Gasteiger partial charge in [0.05, 0.1) is 34.6 Å². The third-order valence-electron chi connectivity index (χ3n) is 3.84. The first-order valence-electron chi connectivity index (χ1n) is 7.97. The van der Waals surface area contributed by atoms with E-state index in [9.17, 15) is 4.39 Å². The van der Waals surface area contributed by atoms with Gasteiger partial charge in [0.2, 0.25) is 5.95 Å². The molecule has 1 fully saturated rings. The topological polar surface area (TPSA) is 85.7 Å². The molecule has 3 heterocycles. The van der Waals surface area contributed by atoms with Crippen molar-refractivity contribution in [1.29, 1.82) is 0 Å². The van der Waals surface area contributed by atoms with Crippen LogP contribution in [0.25, 0.3) is 16.8 Å². The summed E-state index contributed by atoms with van der Waals surface area (Å²) in [5.41, 5.74) is 6.66. The molecule has 0 saturated carbocycles. The van der Waals surface area contributed by atoms with Crippen LogP contribution in [0, 0.1) is 5.82 Å². The molecule has 26 heavy (non-hydrogen) atoms. The zero-order chi connectivity index (χ0) is 18.7. The molecule has 1 aliphatic heterocycles. The highest BCUT2D eigenvalue weighted by Gasteiger charge is 2.17. The first-order valence-corrected chi connectivity index (χ1v) is 8.73. The van der Waals surface area contributed by atoms with Crippen LogP contribution in [-0.2, 0) is 4.74 Å². The number of fused-ring (bicyclic) bond motifs is 1. The van der Waals surface area contributed by atoms with Gasteiger partial charge in [-0.1, -0.05) is 29.3 Å². The van der Waals surface area contributed by atoms with Gasteiger partial charge >= 0.3 is 0 Å². The molecule has 0 bridgehead atoms. The van der Waals surface area contributed by atoms with E-state index in [1.807, 2.05) is 0 Å². The molecule has 3 aromatic rings. The molecule has 3 N–H and O–H groups in total. The van der Waals surface area contributed by atoms with Crippen molar-refractivity contribution in [2.24, 2.45) is 0 Å². The number of nitrogens with two attached hydrogens (primary N) is 1. The normalized spacial score (nSPS) is 17.0. The highest BCUT2D eigenvalue weighted by Crippen LogP contribution is 2.35. The molecule has 1 saturated heterocycles. The van der Waals surface area contributed by atoms with Gasteiger partial charge in [-0.15, -0.1) is 5.10 Å². The van der Waals surface area contributed by atoms with Gasteiger partial charge in [-0.2, -0.15) is 0 Å². The number of aliphatic hydroxyl groups excluding tert-OH is 1. The Bertz CT molecular complexity index is 893. The van der Waals surface area contributed by atoms with Crippen LogP contribution in [-0.4, -0.2) is 39.0 Å². The predicted octanol–water partition coefficient (Wildman–Crippen LogP) is 3.58. The molecule has 4 rings (SSSR count). The van der Waals surface area contributed by atoms with Crippen molar-refractivity contribution in [2.75, 3.05) is 18.9 Å². The van der Waals surface area contributed by atoms with E-state index in [2.05, 4.69) is 10.1 Å². The third-order valence-corrected chi connectivity index (χ3v) is 4.47. The van der Waals surface area contributed by atoms with Gasteiger partial charge in [0.1, 0.15) is 5.52 Å². The lowest BCUT2D eigenvalue weighted by Gasteiger charge is -2.15. The number of aliphatic hydroxyl groups is 1. The van der Waals surface area contributed by atoms with Crippen molar-refractivity contribution in [3.05, 3.63) is 46.3 Å². The van der Waals surface area contributed by atoms with E-state index in [-0.39, 0.29) is 17.6 Å². The number of ether oxygens (including phenoxy) is 1. The number of hydrogen-bond acceptors (Lipinski definition) is 5. The second kappa shape index (κ2) is 8.18. The fourth-order valence-electron chi connectivity index (χ4n) is 2.61. The van der Waals surface area contributed by atoms with Crippen LogP contribution in [0.1, 0.15) is 12.8 Å². The molecule has 1 aromatic carbocycles. The number of hydrogen-bond donors (Lipinski definition) is 2. The van der Waals surface area contributed by atoms with Gasteiger partial charge < -0.3 is 15.6 Å². The van der Waals surface area contributed by atoms with Gasteiger partial charge in [0, 0.05) is 18.2 Å². The fourth-order valence-corrected chi connectivity index (χ4v) is 3.20. The molecule has 2 aromatic heterocycles. The lowest BCUT2D eigenvalue weighted by Crippen LogP contribution is -2.21. The van der Waals surface area contributed by atoms with Crippen molar-refractivity contribution < 1.29 is 14.2 Å². The highest BCUT2D eigenvalue weighted by molar-refractivity contribution is 6.39. The van der Waals surface area contributed by atoms with E-state index in [1.165, 1.54) is 16.8 Å². The first kappa shape index (κ1) is 18.8. The first-order chi connectivity index (χ1) is 12.5. The summed E-state index contributed by atoms with van der Waals surface area (Å²) < 4.78 is 20.1. The molecule has 1 aliphatic rings. The zero-order valence-electron chi connectivity index (χ0n) is 13.7. The number of rotatable bonds is 1. The summed E-state index contributed by atoms with van der Waals surface area (Å²) in [6, 6.07) is 6.36.